The fraction of sp³-hybridized carbons (Fsp3) is 0.0870. The zero-order valence-corrected chi connectivity index (χ0v) is 16.8. The van der Waals surface area contributed by atoms with Gasteiger partial charge in [0, 0.05) is 17.3 Å². The van der Waals surface area contributed by atoms with E-state index in [-0.39, 0.29) is 17.7 Å². The molecule has 4 aromatic rings. The van der Waals surface area contributed by atoms with Crippen LogP contribution in [0.15, 0.2) is 82.1 Å². The maximum atomic E-state index is 13.3. The van der Waals surface area contributed by atoms with E-state index >= 15 is 0 Å². The summed E-state index contributed by atoms with van der Waals surface area (Å²) >= 11 is 5.96. The van der Waals surface area contributed by atoms with Crippen molar-refractivity contribution in [2.24, 2.45) is 0 Å². The summed E-state index contributed by atoms with van der Waals surface area (Å²) in [6.45, 7) is 0.238. The van der Waals surface area contributed by atoms with E-state index in [1.54, 1.807) is 43.6 Å². The number of aromatic nitrogens is 1. The van der Waals surface area contributed by atoms with E-state index in [4.69, 9.17) is 20.8 Å². The quantitative estimate of drug-likeness (QED) is 0.468. The molecule has 150 valence electrons. The molecule has 1 amide bonds. The van der Waals surface area contributed by atoms with Gasteiger partial charge in [-0.05, 0) is 48.0 Å². The van der Waals surface area contributed by atoms with Gasteiger partial charge in [-0.15, -0.1) is 0 Å². The summed E-state index contributed by atoms with van der Waals surface area (Å²) in [5.41, 5.74) is 0.818. The van der Waals surface area contributed by atoms with Crippen LogP contribution in [0.4, 0.5) is 5.82 Å². The van der Waals surface area contributed by atoms with Crippen molar-refractivity contribution >= 4 is 34.3 Å². The van der Waals surface area contributed by atoms with E-state index in [9.17, 15) is 9.59 Å². The number of amides is 1. The van der Waals surface area contributed by atoms with Crippen LogP contribution in [0, 0.1) is 0 Å². The first kappa shape index (κ1) is 19.7. The molecule has 0 unspecified atom stereocenters. The number of nitrogens with zero attached hydrogens (tertiary/aromatic N) is 2. The highest BCUT2D eigenvalue weighted by Crippen LogP contribution is 2.22. The molecule has 0 atom stereocenters. The van der Waals surface area contributed by atoms with Gasteiger partial charge >= 0.3 is 0 Å². The van der Waals surface area contributed by atoms with Gasteiger partial charge in [-0.3, -0.25) is 14.5 Å². The number of pyridine rings is 1. The van der Waals surface area contributed by atoms with Crippen molar-refractivity contribution in [2.45, 2.75) is 6.54 Å². The molecule has 0 fully saturated rings. The molecule has 30 heavy (non-hydrogen) atoms. The van der Waals surface area contributed by atoms with Crippen molar-refractivity contribution in [3.8, 4) is 5.75 Å². The fourth-order valence-electron chi connectivity index (χ4n) is 3.05. The average Bonchev–Trinajstić information content (AvgIpc) is 2.78. The Hall–Kier alpha value is -3.64. The lowest BCUT2D eigenvalue weighted by Crippen LogP contribution is -2.31. The number of hydrogen-bond acceptors (Lipinski definition) is 5. The van der Waals surface area contributed by atoms with Crippen LogP contribution in [-0.4, -0.2) is 18.0 Å². The normalized spacial score (nSPS) is 10.7. The average molecular weight is 421 g/mol. The van der Waals surface area contributed by atoms with Crippen molar-refractivity contribution in [3.05, 3.63) is 99.5 Å². The van der Waals surface area contributed by atoms with Crippen LogP contribution in [-0.2, 0) is 6.54 Å². The van der Waals surface area contributed by atoms with E-state index in [1.165, 1.54) is 17.0 Å². The smallest absolute Gasteiger partial charge is 0.295 e. The number of benzene rings is 2. The van der Waals surface area contributed by atoms with Gasteiger partial charge in [0.1, 0.15) is 17.2 Å². The number of hydrogen-bond donors (Lipinski definition) is 0. The highest BCUT2D eigenvalue weighted by Gasteiger charge is 2.23. The first-order valence-electron chi connectivity index (χ1n) is 9.14. The van der Waals surface area contributed by atoms with Crippen LogP contribution in [0.1, 0.15) is 16.1 Å². The number of ether oxygens (including phenoxy) is 1. The van der Waals surface area contributed by atoms with Crippen LogP contribution in [0.5, 0.6) is 5.75 Å². The molecule has 2 heterocycles. The van der Waals surface area contributed by atoms with Gasteiger partial charge in [-0.1, -0.05) is 29.8 Å². The molecule has 0 saturated carbocycles. The number of methoxy groups -OCH3 is 1. The Morgan fingerprint density at radius 1 is 1.10 bits per heavy atom. The van der Waals surface area contributed by atoms with E-state index in [0.717, 1.165) is 5.56 Å². The Kier molecular flexibility index (Phi) is 5.50. The Morgan fingerprint density at radius 3 is 2.60 bits per heavy atom. The molecule has 7 heteroatoms. The lowest BCUT2D eigenvalue weighted by atomic mass is 10.2. The molecule has 6 nitrogen and oxygen atoms in total. The van der Waals surface area contributed by atoms with E-state index in [1.807, 2.05) is 24.3 Å². The lowest BCUT2D eigenvalue weighted by Gasteiger charge is -2.21. The second kappa shape index (κ2) is 8.39. The van der Waals surface area contributed by atoms with Crippen molar-refractivity contribution < 1.29 is 13.9 Å². The van der Waals surface area contributed by atoms with Gasteiger partial charge in [0.2, 0.25) is 0 Å². The lowest BCUT2D eigenvalue weighted by molar-refractivity contribution is 0.0958. The minimum Gasteiger partial charge on any atom is -0.497 e. The second-order valence-electron chi connectivity index (χ2n) is 6.54. The van der Waals surface area contributed by atoms with Gasteiger partial charge in [-0.2, -0.15) is 0 Å². The van der Waals surface area contributed by atoms with Crippen LogP contribution < -0.4 is 15.1 Å². The van der Waals surface area contributed by atoms with Crippen molar-refractivity contribution in [3.63, 3.8) is 0 Å². The Balaban J connectivity index is 1.74. The zero-order valence-electron chi connectivity index (χ0n) is 16.0. The molecule has 0 aliphatic rings. The molecule has 0 N–H and O–H groups in total. The summed E-state index contributed by atoms with van der Waals surface area (Å²) in [6, 6.07) is 18.5. The van der Waals surface area contributed by atoms with Gasteiger partial charge in [0.15, 0.2) is 11.2 Å². The fourth-order valence-corrected chi connectivity index (χ4v) is 3.22. The molecular weight excluding hydrogens is 404 g/mol. The van der Waals surface area contributed by atoms with E-state index < -0.39 is 5.91 Å². The third-order valence-corrected chi connectivity index (χ3v) is 4.81. The number of carbonyl (C=O) groups is 1. The summed E-state index contributed by atoms with van der Waals surface area (Å²) in [5.74, 6) is 0.610. The number of halogens is 1. The third-order valence-electron chi connectivity index (χ3n) is 4.57. The molecule has 2 aromatic heterocycles. The SMILES string of the molecule is COc1ccc(CN(C(=O)c2cc(=O)c3cc(Cl)ccc3o2)c2ccccn2)cc1. The largest absolute Gasteiger partial charge is 0.497 e. The van der Waals surface area contributed by atoms with Gasteiger partial charge in [0.05, 0.1) is 19.0 Å². The molecule has 0 aliphatic heterocycles. The molecule has 2 aromatic carbocycles. The van der Waals surface area contributed by atoms with Crippen LogP contribution in [0.3, 0.4) is 0 Å². The van der Waals surface area contributed by atoms with Crippen LogP contribution in [0.2, 0.25) is 5.02 Å². The highest BCUT2D eigenvalue weighted by molar-refractivity contribution is 6.31. The first-order chi connectivity index (χ1) is 14.5. The predicted octanol–water partition coefficient (Wildman–Crippen LogP) is 4.70. The predicted molar refractivity (Wildman–Crippen MR) is 115 cm³/mol. The molecule has 0 bridgehead atoms. The maximum Gasteiger partial charge on any atom is 0.295 e. The summed E-state index contributed by atoms with van der Waals surface area (Å²) in [5, 5.41) is 0.738. The molecule has 0 radical (unpaired) electrons. The third kappa shape index (κ3) is 4.04. The van der Waals surface area contributed by atoms with Crippen molar-refractivity contribution in [1.82, 2.24) is 4.98 Å². The van der Waals surface area contributed by atoms with Crippen molar-refractivity contribution in [2.75, 3.05) is 12.0 Å². The highest BCUT2D eigenvalue weighted by atomic mass is 35.5. The van der Waals surface area contributed by atoms with Gasteiger partial charge < -0.3 is 9.15 Å². The zero-order chi connectivity index (χ0) is 21.1. The summed E-state index contributed by atoms with van der Waals surface area (Å²) in [7, 11) is 1.59. The number of anilines is 1. The first-order valence-corrected chi connectivity index (χ1v) is 9.52. The summed E-state index contributed by atoms with van der Waals surface area (Å²) in [6.07, 6.45) is 1.60. The standard InChI is InChI=1S/C23H17ClN2O4/c1-29-17-8-5-15(6-9-17)14-26(22-4-2-3-11-25-22)23(28)21-13-19(27)18-12-16(24)7-10-20(18)30-21/h2-13H,14H2,1H3. The minimum atomic E-state index is -0.474. The number of rotatable bonds is 5. The van der Waals surface area contributed by atoms with Crippen LogP contribution in [0.25, 0.3) is 11.0 Å². The second-order valence-corrected chi connectivity index (χ2v) is 6.98. The Morgan fingerprint density at radius 2 is 1.90 bits per heavy atom. The molecule has 0 spiro atoms. The number of fused-ring (bicyclic) bond motifs is 1. The monoisotopic (exact) mass is 420 g/mol. The molecule has 0 aliphatic carbocycles. The molecular formula is C23H17ClN2O4. The number of carbonyl (C=O) groups excluding carboxylic acids is 1. The van der Waals surface area contributed by atoms with Gasteiger partial charge in [-0.25, -0.2) is 4.98 Å². The van der Waals surface area contributed by atoms with Gasteiger partial charge in [0.25, 0.3) is 5.91 Å². The Labute approximate surface area is 177 Å². The van der Waals surface area contributed by atoms with E-state index in [0.29, 0.717) is 27.6 Å². The minimum absolute atomic E-state index is 0.0750. The van der Waals surface area contributed by atoms with Crippen LogP contribution >= 0.6 is 11.6 Å². The van der Waals surface area contributed by atoms with Crippen molar-refractivity contribution in [1.29, 1.82) is 0 Å². The maximum absolute atomic E-state index is 13.3. The van der Waals surface area contributed by atoms with E-state index in [2.05, 4.69) is 4.98 Å². The molecule has 4 rings (SSSR count). The topological polar surface area (TPSA) is 72.6 Å². The summed E-state index contributed by atoms with van der Waals surface area (Å²) < 4.78 is 10.9. The summed E-state index contributed by atoms with van der Waals surface area (Å²) in [4.78, 5) is 31.6. The molecule has 0 saturated heterocycles. The Bertz CT molecular complexity index is 1250.